The molecule has 0 aliphatic heterocycles. The second kappa shape index (κ2) is 10.4. The van der Waals surface area contributed by atoms with Gasteiger partial charge in [-0.15, -0.1) is 4.73 Å². The van der Waals surface area contributed by atoms with E-state index in [9.17, 15) is 27.6 Å². The lowest BCUT2D eigenvalue weighted by molar-refractivity contribution is -0.199. The molecular formula is C23H15ClF3N5O4S. The molecular weight excluding hydrogens is 535 g/mol. The third-order valence-electron chi connectivity index (χ3n) is 4.92. The van der Waals surface area contributed by atoms with Gasteiger partial charge in [0.2, 0.25) is 4.77 Å². The molecule has 0 unspecified atom stereocenters. The molecule has 0 bridgehead atoms. The average Bonchev–Trinajstić information content (AvgIpc) is 2.87. The Hall–Kier alpha value is -4.23. The van der Waals surface area contributed by atoms with Crippen LogP contribution in [-0.2, 0) is 11.3 Å². The Balaban J connectivity index is 1.78. The van der Waals surface area contributed by atoms with Crippen molar-refractivity contribution in [2.24, 2.45) is 0 Å². The molecule has 0 aliphatic rings. The Kier molecular flexibility index (Phi) is 7.27. The summed E-state index contributed by atoms with van der Waals surface area (Å²) in [5.41, 5.74) is 2.13. The lowest BCUT2D eigenvalue weighted by Gasteiger charge is -2.17. The predicted octanol–water partition coefficient (Wildman–Crippen LogP) is 3.90. The summed E-state index contributed by atoms with van der Waals surface area (Å²) in [7, 11) is 0. The maximum Gasteiger partial charge on any atom is 0.493 e. The molecule has 4 aromatic rings. The standard InChI is InChI=1S/C23H15ClF3N5O4S/c24-15-5-3-4-13(10-15)12-29-19(33)14-7-8-16-17(11-14)32(36-21(35)23(25,26)27)22(37)31(20(16)34)30-18-6-1-2-9-28-18/h1-11H,12H2,(H,28,30)(H,29,33). The van der Waals surface area contributed by atoms with Crippen LogP contribution in [0.25, 0.3) is 10.9 Å². The van der Waals surface area contributed by atoms with Crippen molar-refractivity contribution >= 4 is 52.4 Å². The van der Waals surface area contributed by atoms with Gasteiger partial charge < -0.3 is 10.2 Å². The lowest BCUT2D eigenvalue weighted by Crippen LogP contribution is -2.38. The smallest absolute Gasteiger partial charge is 0.348 e. The Morgan fingerprint density at radius 2 is 1.86 bits per heavy atom. The molecule has 0 aliphatic carbocycles. The first kappa shape index (κ1) is 25.9. The van der Waals surface area contributed by atoms with Crippen LogP contribution >= 0.6 is 23.8 Å². The lowest BCUT2D eigenvalue weighted by atomic mass is 10.1. The normalized spacial score (nSPS) is 11.2. The zero-order chi connectivity index (χ0) is 26.7. The van der Waals surface area contributed by atoms with Crippen molar-refractivity contribution in [2.75, 3.05) is 5.43 Å². The van der Waals surface area contributed by atoms with Crippen molar-refractivity contribution in [3.05, 3.63) is 98.1 Å². The van der Waals surface area contributed by atoms with Crippen LogP contribution in [0.4, 0.5) is 19.0 Å². The molecule has 190 valence electrons. The van der Waals surface area contributed by atoms with Crippen LogP contribution in [0.15, 0.2) is 71.7 Å². The molecule has 14 heteroatoms. The van der Waals surface area contributed by atoms with Gasteiger partial charge in [0.15, 0.2) is 0 Å². The fraction of sp³-hybridized carbons (Fsp3) is 0.0870. The fourth-order valence-electron chi connectivity index (χ4n) is 3.22. The zero-order valence-electron chi connectivity index (χ0n) is 18.5. The largest absolute Gasteiger partial charge is 0.493 e. The van der Waals surface area contributed by atoms with Crippen molar-refractivity contribution in [3.63, 3.8) is 0 Å². The number of nitrogens with one attached hydrogen (secondary N) is 2. The van der Waals surface area contributed by atoms with Crippen molar-refractivity contribution in [2.45, 2.75) is 12.7 Å². The highest BCUT2D eigenvalue weighted by atomic mass is 35.5. The second-order valence-corrected chi connectivity index (χ2v) is 8.27. The molecule has 2 aromatic carbocycles. The number of hydrogen-bond acceptors (Lipinski definition) is 7. The van der Waals surface area contributed by atoms with E-state index in [-0.39, 0.29) is 28.8 Å². The summed E-state index contributed by atoms with van der Waals surface area (Å²) in [5.74, 6) is -3.05. The molecule has 4 rings (SSSR count). The first-order chi connectivity index (χ1) is 17.5. The predicted molar refractivity (Wildman–Crippen MR) is 131 cm³/mol. The maximum absolute atomic E-state index is 13.1. The summed E-state index contributed by atoms with van der Waals surface area (Å²) < 4.78 is 39.4. The van der Waals surface area contributed by atoms with Crippen LogP contribution in [0, 0.1) is 4.77 Å². The third kappa shape index (κ3) is 5.78. The van der Waals surface area contributed by atoms with E-state index in [4.69, 9.17) is 23.8 Å². The molecule has 2 heterocycles. The number of rotatable bonds is 6. The van der Waals surface area contributed by atoms with Crippen LogP contribution in [0.3, 0.4) is 0 Å². The summed E-state index contributed by atoms with van der Waals surface area (Å²) in [6.07, 6.45) is -3.95. The van der Waals surface area contributed by atoms with Crippen LogP contribution < -0.4 is 21.1 Å². The molecule has 0 radical (unpaired) electrons. The molecule has 1 amide bonds. The van der Waals surface area contributed by atoms with Crippen molar-refractivity contribution in [1.82, 2.24) is 19.7 Å². The van der Waals surface area contributed by atoms with Crippen molar-refractivity contribution in [1.29, 1.82) is 0 Å². The highest BCUT2D eigenvalue weighted by Gasteiger charge is 2.42. The number of amides is 1. The molecule has 2 N–H and O–H groups in total. The molecule has 0 saturated carbocycles. The van der Waals surface area contributed by atoms with Gasteiger partial charge >= 0.3 is 12.1 Å². The average molecular weight is 550 g/mol. The summed E-state index contributed by atoms with van der Waals surface area (Å²) >= 11 is 11.1. The Bertz CT molecular complexity index is 1620. The number of aromatic nitrogens is 3. The van der Waals surface area contributed by atoms with E-state index in [0.29, 0.717) is 20.0 Å². The van der Waals surface area contributed by atoms with Gasteiger partial charge in [-0.3, -0.25) is 15.0 Å². The summed E-state index contributed by atoms with van der Waals surface area (Å²) in [4.78, 5) is 46.0. The van der Waals surface area contributed by atoms with Gasteiger partial charge in [0.25, 0.3) is 11.5 Å². The molecule has 9 nitrogen and oxygen atoms in total. The van der Waals surface area contributed by atoms with E-state index in [2.05, 4.69) is 20.6 Å². The van der Waals surface area contributed by atoms with Crippen LogP contribution in [-0.4, -0.2) is 32.4 Å². The van der Waals surface area contributed by atoms with Gasteiger partial charge in [-0.2, -0.15) is 17.8 Å². The number of nitrogens with zero attached hydrogens (tertiary/aromatic N) is 3. The number of fused-ring (bicyclic) bond motifs is 1. The van der Waals surface area contributed by atoms with Gasteiger partial charge in [0.1, 0.15) is 5.82 Å². The SMILES string of the molecule is O=C(NCc1cccc(Cl)c1)c1ccc2c(=O)n(Nc3ccccn3)c(=S)n(OC(=O)C(F)(F)F)c2c1. The highest BCUT2D eigenvalue weighted by molar-refractivity contribution is 7.71. The topological polar surface area (TPSA) is 107 Å². The Morgan fingerprint density at radius 1 is 1.08 bits per heavy atom. The minimum absolute atomic E-state index is 0.0319. The van der Waals surface area contributed by atoms with E-state index in [1.807, 2.05) is 0 Å². The minimum atomic E-state index is -5.36. The number of pyridine rings is 1. The number of benzene rings is 2. The fourth-order valence-corrected chi connectivity index (χ4v) is 3.70. The van der Waals surface area contributed by atoms with Crippen molar-refractivity contribution in [3.8, 4) is 0 Å². The van der Waals surface area contributed by atoms with Crippen molar-refractivity contribution < 1.29 is 27.6 Å². The molecule has 2 aromatic heterocycles. The molecule has 0 saturated heterocycles. The summed E-state index contributed by atoms with van der Waals surface area (Å²) in [5, 5.41) is 2.92. The summed E-state index contributed by atoms with van der Waals surface area (Å²) in [6, 6.07) is 15.0. The van der Waals surface area contributed by atoms with Gasteiger partial charge in [0, 0.05) is 23.3 Å². The second-order valence-electron chi connectivity index (χ2n) is 7.47. The quantitative estimate of drug-likeness (QED) is 0.351. The van der Waals surface area contributed by atoms with Gasteiger partial charge in [0.05, 0.1) is 10.9 Å². The minimum Gasteiger partial charge on any atom is -0.348 e. The van der Waals surface area contributed by atoms with E-state index in [0.717, 1.165) is 6.07 Å². The van der Waals surface area contributed by atoms with Gasteiger partial charge in [-0.05, 0) is 60.2 Å². The Morgan fingerprint density at radius 3 is 2.54 bits per heavy atom. The number of alkyl halides is 3. The molecule has 0 fully saturated rings. The molecule has 0 atom stereocenters. The number of carbonyl (C=O) groups excluding carboxylic acids is 2. The van der Waals surface area contributed by atoms with E-state index in [1.54, 1.807) is 36.4 Å². The third-order valence-corrected chi connectivity index (χ3v) is 5.50. The summed E-state index contributed by atoms with van der Waals surface area (Å²) in [6.45, 7) is 0.0996. The van der Waals surface area contributed by atoms with Gasteiger partial charge in [-0.1, -0.05) is 29.8 Å². The molecule has 0 spiro atoms. The van der Waals surface area contributed by atoms with E-state index >= 15 is 0 Å². The first-order valence-electron chi connectivity index (χ1n) is 10.4. The number of hydrogen-bond donors (Lipinski definition) is 2. The molecule has 37 heavy (non-hydrogen) atoms. The van der Waals surface area contributed by atoms with E-state index < -0.39 is 28.4 Å². The number of halogens is 4. The first-order valence-corrected chi connectivity index (χ1v) is 11.2. The van der Waals surface area contributed by atoms with E-state index in [1.165, 1.54) is 24.4 Å². The zero-order valence-corrected chi connectivity index (χ0v) is 20.0. The highest BCUT2D eigenvalue weighted by Crippen LogP contribution is 2.19. The van der Waals surface area contributed by atoms with Crippen LogP contribution in [0.2, 0.25) is 5.02 Å². The Labute approximate surface area is 216 Å². The van der Waals surface area contributed by atoms with Gasteiger partial charge in [-0.25, -0.2) is 9.78 Å². The van der Waals surface area contributed by atoms with Crippen LogP contribution in [0.5, 0.6) is 0 Å². The monoisotopic (exact) mass is 549 g/mol. The van der Waals surface area contributed by atoms with Crippen LogP contribution in [0.1, 0.15) is 15.9 Å². The number of carbonyl (C=O) groups is 2. The number of anilines is 1. The maximum atomic E-state index is 13.1.